The number of ether oxygens (including phenoxy) is 1. The van der Waals surface area contributed by atoms with Crippen LogP contribution in [0.3, 0.4) is 0 Å². The van der Waals surface area contributed by atoms with E-state index in [0.29, 0.717) is 11.1 Å². The molecule has 1 aliphatic rings. The van der Waals surface area contributed by atoms with Gasteiger partial charge in [-0.1, -0.05) is 18.5 Å². The molecule has 2 nitrogen and oxygen atoms in total. The standard InChI is InChI=1S/C12H16ClNO/c1-8-5-10(6-8)14-9-3-4-12(15-2)11(13)7-9/h3-4,7-8,10,14H,5-6H2,1-2H3. The van der Waals surface area contributed by atoms with Crippen LogP contribution in [0, 0.1) is 5.92 Å². The summed E-state index contributed by atoms with van der Waals surface area (Å²) in [6, 6.07) is 6.44. The fraction of sp³-hybridized carbons (Fsp3) is 0.500. The Morgan fingerprint density at radius 3 is 2.67 bits per heavy atom. The van der Waals surface area contributed by atoms with Crippen molar-refractivity contribution in [1.82, 2.24) is 0 Å². The molecule has 0 aromatic heterocycles. The second-order valence-electron chi connectivity index (χ2n) is 4.27. The number of benzene rings is 1. The van der Waals surface area contributed by atoms with Crippen LogP contribution in [-0.2, 0) is 0 Å². The Kier molecular flexibility index (Phi) is 3.06. The molecule has 1 N–H and O–H groups in total. The number of methoxy groups -OCH3 is 1. The third-order valence-corrected chi connectivity index (χ3v) is 3.19. The first-order valence-electron chi connectivity index (χ1n) is 5.29. The highest BCUT2D eigenvalue weighted by Crippen LogP contribution is 2.32. The lowest BCUT2D eigenvalue weighted by Crippen LogP contribution is -2.33. The van der Waals surface area contributed by atoms with E-state index in [0.717, 1.165) is 17.4 Å². The number of anilines is 1. The Bertz CT molecular complexity index is 347. The summed E-state index contributed by atoms with van der Waals surface area (Å²) >= 11 is 6.04. The van der Waals surface area contributed by atoms with Crippen LogP contribution in [-0.4, -0.2) is 13.2 Å². The number of nitrogens with one attached hydrogen (secondary N) is 1. The monoisotopic (exact) mass is 225 g/mol. The maximum Gasteiger partial charge on any atom is 0.137 e. The molecule has 3 heteroatoms. The maximum atomic E-state index is 6.04. The topological polar surface area (TPSA) is 21.3 Å². The number of rotatable bonds is 3. The van der Waals surface area contributed by atoms with E-state index >= 15 is 0 Å². The third-order valence-electron chi connectivity index (χ3n) is 2.90. The second-order valence-corrected chi connectivity index (χ2v) is 4.67. The van der Waals surface area contributed by atoms with Crippen molar-refractivity contribution in [3.05, 3.63) is 23.2 Å². The van der Waals surface area contributed by atoms with Gasteiger partial charge in [0.2, 0.25) is 0 Å². The SMILES string of the molecule is COc1ccc(NC2CC(C)C2)cc1Cl. The molecule has 1 aromatic rings. The van der Waals surface area contributed by atoms with Crippen molar-refractivity contribution >= 4 is 17.3 Å². The number of halogens is 1. The number of hydrogen-bond acceptors (Lipinski definition) is 2. The average Bonchev–Trinajstić information content (AvgIpc) is 2.16. The molecule has 1 saturated carbocycles. The third kappa shape index (κ3) is 2.37. The summed E-state index contributed by atoms with van der Waals surface area (Å²) in [7, 11) is 1.63. The molecule has 1 aromatic carbocycles. The van der Waals surface area contributed by atoms with Crippen LogP contribution in [0.5, 0.6) is 5.75 Å². The first-order valence-corrected chi connectivity index (χ1v) is 5.67. The summed E-state index contributed by atoms with van der Waals surface area (Å²) in [6.45, 7) is 2.28. The fourth-order valence-electron chi connectivity index (χ4n) is 2.01. The normalized spacial score (nSPS) is 24.5. The molecule has 0 aliphatic heterocycles. The lowest BCUT2D eigenvalue weighted by atomic mass is 9.82. The minimum absolute atomic E-state index is 0.615. The Morgan fingerprint density at radius 1 is 1.40 bits per heavy atom. The van der Waals surface area contributed by atoms with Crippen LogP contribution in [0.15, 0.2) is 18.2 Å². The highest BCUT2D eigenvalue weighted by Gasteiger charge is 2.24. The van der Waals surface area contributed by atoms with Crippen molar-refractivity contribution in [2.24, 2.45) is 5.92 Å². The van der Waals surface area contributed by atoms with E-state index in [9.17, 15) is 0 Å². The van der Waals surface area contributed by atoms with Gasteiger partial charge in [0.05, 0.1) is 12.1 Å². The molecule has 1 aliphatic carbocycles. The zero-order valence-electron chi connectivity index (χ0n) is 9.09. The molecule has 2 rings (SSSR count). The van der Waals surface area contributed by atoms with Gasteiger partial charge in [0.15, 0.2) is 0 Å². The van der Waals surface area contributed by atoms with Gasteiger partial charge < -0.3 is 10.1 Å². The predicted molar refractivity (Wildman–Crippen MR) is 63.8 cm³/mol. The second kappa shape index (κ2) is 4.31. The molecular formula is C12H16ClNO. The summed E-state index contributed by atoms with van der Waals surface area (Å²) in [4.78, 5) is 0. The smallest absolute Gasteiger partial charge is 0.137 e. The van der Waals surface area contributed by atoms with Crippen molar-refractivity contribution in [2.45, 2.75) is 25.8 Å². The molecule has 0 bridgehead atoms. The van der Waals surface area contributed by atoms with E-state index < -0.39 is 0 Å². The van der Waals surface area contributed by atoms with Crippen molar-refractivity contribution in [3.63, 3.8) is 0 Å². The summed E-state index contributed by atoms with van der Waals surface area (Å²) in [5, 5.41) is 4.12. The van der Waals surface area contributed by atoms with Crippen molar-refractivity contribution < 1.29 is 4.74 Å². The molecule has 0 atom stereocenters. The van der Waals surface area contributed by atoms with Gasteiger partial charge in [-0.25, -0.2) is 0 Å². The lowest BCUT2D eigenvalue weighted by Gasteiger charge is -2.34. The maximum absolute atomic E-state index is 6.04. The molecule has 0 spiro atoms. The minimum atomic E-state index is 0.615. The van der Waals surface area contributed by atoms with E-state index in [1.54, 1.807) is 7.11 Å². The highest BCUT2D eigenvalue weighted by atomic mass is 35.5. The first kappa shape index (κ1) is 10.6. The summed E-state index contributed by atoms with van der Waals surface area (Å²) in [6.07, 6.45) is 2.51. The van der Waals surface area contributed by atoms with Crippen LogP contribution in [0.2, 0.25) is 5.02 Å². The zero-order chi connectivity index (χ0) is 10.8. The van der Waals surface area contributed by atoms with Crippen molar-refractivity contribution in [3.8, 4) is 5.75 Å². The molecule has 15 heavy (non-hydrogen) atoms. The van der Waals surface area contributed by atoms with E-state index in [1.807, 2.05) is 18.2 Å². The van der Waals surface area contributed by atoms with Crippen LogP contribution in [0.4, 0.5) is 5.69 Å². The van der Waals surface area contributed by atoms with Gasteiger partial charge in [-0.15, -0.1) is 0 Å². The van der Waals surface area contributed by atoms with Crippen LogP contribution < -0.4 is 10.1 Å². The number of hydrogen-bond donors (Lipinski definition) is 1. The summed E-state index contributed by atoms with van der Waals surface area (Å²) < 4.78 is 5.10. The molecule has 0 unspecified atom stereocenters. The van der Waals surface area contributed by atoms with Gasteiger partial charge in [0.25, 0.3) is 0 Å². The molecular weight excluding hydrogens is 210 g/mol. The van der Waals surface area contributed by atoms with E-state index in [4.69, 9.17) is 16.3 Å². The Morgan fingerprint density at radius 2 is 2.13 bits per heavy atom. The highest BCUT2D eigenvalue weighted by molar-refractivity contribution is 6.32. The zero-order valence-corrected chi connectivity index (χ0v) is 9.84. The Labute approximate surface area is 95.6 Å². The molecule has 0 heterocycles. The Balaban J connectivity index is 2.00. The van der Waals surface area contributed by atoms with Gasteiger partial charge in [0, 0.05) is 11.7 Å². The Hall–Kier alpha value is -0.890. The van der Waals surface area contributed by atoms with E-state index in [1.165, 1.54) is 12.8 Å². The van der Waals surface area contributed by atoms with Gasteiger partial charge in [-0.3, -0.25) is 0 Å². The summed E-state index contributed by atoms with van der Waals surface area (Å²) in [5.41, 5.74) is 1.08. The van der Waals surface area contributed by atoms with Crippen LogP contribution >= 0.6 is 11.6 Å². The quantitative estimate of drug-likeness (QED) is 0.850. The molecule has 0 amide bonds. The first-order chi connectivity index (χ1) is 7.19. The molecule has 1 fully saturated rings. The minimum Gasteiger partial charge on any atom is -0.495 e. The van der Waals surface area contributed by atoms with Crippen molar-refractivity contribution in [2.75, 3.05) is 12.4 Å². The van der Waals surface area contributed by atoms with Crippen LogP contribution in [0.1, 0.15) is 19.8 Å². The van der Waals surface area contributed by atoms with E-state index in [2.05, 4.69) is 12.2 Å². The molecule has 82 valence electrons. The van der Waals surface area contributed by atoms with Gasteiger partial charge in [0.1, 0.15) is 5.75 Å². The molecule has 0 saturated heterocycles. The van der Waals surface area contributed by atoms with Crippen molar-refractivity contribution in [1.29, 1.82) is 0 Å². The predicted octanol–water partition coefficient (Wildman–Crippen LogP) is 3.56. The average molecular weight is 226 g/mol. The van der Waals surface area contributed by atoms with Gasteiger partial charge >= 0.3 is 0 Å². The molecule has 0 radical (unpaired) electrons. The fourth-order valence-corrected chi connectivity index (χ4v) is 2.27. The van der Waals surface area contributed by atoms with Gasteiger partial charge in [-0.05, 0) is 37.0 Å². The van der Waals surface area contributed by atoms with E-state index in [-0.39, 0.29) is 0 Å². The van der Waals surface area contributed by atoms with Gasteiger partial charge in [-0.2, -0.15) is 0 Å². The summed E-state index contributed by atoms with van der Waals surface area (Å²) in [5.74, 6) is 1.58. The van der Waals surface area contributed by atoms with Crippen LogP contribution in [0.25, 0.3) is 0 Å². The largest absolute Gasteiger partial charge is 0.495 e. The lowest BCUT2D eigenvalue weighted by molar-refractivity contribution is 0.309.